The first-order valence-corrected chi connectivity index (χ1v) is 9.29. The van der Waals surface area contributed by atoms with Crippen LogP contribution in [0.3, 0.4) is 0 Å². The molecule has 112 valence electrons. The van der Waals surface area contributed by atoms with Gasteiger partial charge >= 0.3 is 0 Å². The van der Waals surface area contributed by atoms with Gasteiger partial charge in [0, 0.05) is 0 Å². The topological polar surface area (TPSA) is 0 Å². The highest BCUT2D eigenvalue weighted by molar-refractivity contribution is 4.80. The van der Waals surface area contributed by atoms with E-state index in [1.165, 1.54) is 70.6 Å². The van der Waals surface area contributed by atoms with Crippen LogP contribution in [0.1, 0.15) is 97.3 Å². The third kappa shape index (κ3) is 4.80. The van der Waals surface area contributed by atoms with Crippen LogP contribution in [-0.2, 0) is 0 Å². The van der Waals surface area contributed by atoms with Gasteiger partial charge in [-0.05, 0) is 30.1 Å². The molecule has 2 rings (SSSR count). The average molecular weight is 264 g/mol. The van der Waals surface area contributed by atoms with Gasteiger partial charge in [-0.1, -0.05) is 90.9 Å². The Morgan fingerprint density at radius 3 is 1.63 bits per heavy atom. The fourth-order valence-corrected chi connectivity index (χ4v) is 4.73. The molecule has 3 unspecified atom stereocenters. The van der Waals surface area contributed by atoms with Crippen LogP contribution in [-0.4, -0.2) is 0 Å². The number of rotatable bonds is 1. The van der Waals surface area contributed by atoms with E-state index in [1.54, 1.807) is 12.8 Å². The van der Waals surface area contributed by atoms with E-state index >= 15 is 0 Å². The van der Waals surface area contributed by atoms with Crippen LogP contribution in [0.2, 0.25) is 0 Å². The Morgan fingerprint density at radius 1 is 0.526 bits per heavy atom. The number of hydrogen-bond donors (Lipinski definition) is 0. The van der Waals surface area contributed by atoms with Crippen molar-refractivity contribution in [1.82, 2.24) is 0 Å². The molecular weight excluding hydrogens is 228 g/mol. The maximum atomic E-state index is 2.59. The van der Waals surface area contributed by atoms with Crippen LogP contribution in [0, 0.1) is 23.7 Å². The van der Waals surface area contributed by atoms with Crippen molar-refractivity contribution in [3.05, 3.63) is 0 Å². The first-order chi connectivity index (χ1) is 9.29. The van der Waals surface area contributed by atoms with Crippen LogP contribution >= 0.6 is 0 Å². The van der Waals surface area contributed by atoms with Crippen molar-refractivity contribution >= 4 is 0 Å². The highest BCUT2D eigenvalue weighted by Crippen LogP contribution is 2.40. The third-order valence-electron chi connectivity index (χ3n) is 6.28. The molecule has 0 bridgehead atoms. The lowest BCUT2D eigenvalue weighted by Crippen LogP contribution is -2.27. The normalized spacial score (nSPS) is 36.6. The Hall–Kier alpha value is 0. The molecule has 0 aliphatic heterocycles. The van der Waals surface area contributed by atoms with Crippen molar-refractivity contribution in [2.24, 2.45) is 23.7 Å². The van der Waals surface area contributed by atoms with Gasteiger partial charge in [0.1, 0.15) is 0 Å². The van der Waals surface area contributed by atoms with E-state index in [2.05, 4.69) is 13.8 Å². The third-order valence-corrected chi connectivity index (χ3v) is 6.28. The molecule has 2 aliphatic rings. The molecule has 0 N–H and O–H groups in total. The Labute approximate surface area is 121 Å². The van der Waals surface area contributed by atoms with Gasteiger partial charge in [-0.2, -0.15) is 0 Å². The summed E-state index contributed by atoms with van der Waals surface area (Å²) in [5.74, 6) is 4.05. The molecule has 0 saturated heterocycles. The maximum absolute atomic E-state index is 2.59. The lowest BCUT2D eigenvalue weighted by atomic mass is 9.70. The summed E-state index contributed by atoms with van der Waals surface area (Å²) in [4.78, 5) is 0. The quantitative estimate of drug-likeness (QED) is 0.469. The summed E-state index contributed by atoms with van der Waals surface area (Å²) in [6.07, 6.45) is 19.7. The second kappa shape index (κ2) is 8.32. The summed E-state index contributed by atoms with van der Waals surface area (Å²) in [5.41, 5.74) is 0. The fraction of sp³-hybridized carbons (Fsp3) is 1.00. The van der Waals surface area contributed by atoms with Crippen molar-refractivity contribution in [3.63, 3.8) is 0 Å². The van der Waals surface area contributed by atoms with Gasteiger partial charge in [0.2, 0.25) is 0 Å². The molecule has 0 aromatic rings. The lowest BCUT2D eigenvalue weighted by Gasteiger charge is -2.36. The van der Waals surface area contributed by atoms with Gasteiger partial charge in [-0.25, -0.2) is 0 Å². The second-order valence-electron chi connectivity index (χ2n) is 7.60. The first kappa shape index (κ1) is 15.4. The van der Waals surface area contributed by atoms with Crippen molar-refractivity contribution in [2.45, 2.75) is 97.3 Å². The van der Waals surface area contributed by atoms with Gasteiger partial charge in [0.05, 0.1) is 0 Å². The molecule has 2 fully saturated rings. The van der Waals surface area contributed by atoms with Crippen LogP contribution in [0.5, 0.6) is 0 Å². The highest BCUT2D eigenvalue weighted by Gasteiger charge is 2.30. The lowest BCUT2D eigenvalue weighted by molar-refractivity contribution is 0.144. The molecule has 2 aliphatic carbocycles. The van der Waals surface area contributed by atoms with Crippen molar-refractivity contribution in [2.75, 3.05) is 0 Å². The van der Waals surface area contributed by atoms with E-state index < -0.39 is 0 Å². The van der Waals surface area contributed by atoms with E-state index in [-0.39, 0.29) is 0 Å². The summed E-state index contributed by atoms with van der Waals surface area (Å²) < 4.78 is 0. The molecule has 2 saturated carbocycles. The van der Waals surface area contributed by atoms with Crippen molar-refractivity contribution in [1.29, 1.82) is 0 Å². The van der Waals surface area contributed by atoms with Gasteiger partial charge < -0.3 is 0 Å². The largest absolute Gasteiger partial charge is 0.0622 e. The number of hydrogen-bond acceptors (Lipinski definition) is 0. The summed E-state index contributed by atoms with van der Waals surface area (Å²) >= 11 is 0. The minimum atomic E-state index is 0.964. The van der Waals surface area contributed by atoms with E-state index in [0.29, 0.717) is 0 Å². The van der Waals surface area contributed by atoms with E-state index in [0.717, 1.165) is 23.7 Å². The minimum Gasteiger partial charge on any atom is -0.0622 e. The standard InChI is InChI=1S/C19H36/c1-16-12-8-4-3-5-11-15-19(17(16)2)18-13-9-6-7-10-14-18/h16-19H,3-15H2,1-2H3. The van der Waals surface area contributed by atoms with Crippen LogP contribution in [0.25, 0.3) is 0 Å². The predicted molar refractivity (Wildman–Crippen MR) is 85.3 cm³/mol. The zero-order valence-corrected chi connectivity index (χ0v) is 13.5. The summed E-state index contributed by atoms with van der Waals surface area (Å²) in [6, 6.07) is 0. The molecule has 0 nitrogen and oxygen atoms in total. The minimum absolute atomic E-state index is 0.964. The second-order valence-corrected chi connectivity index (χ2v) is 7.60. The average Bonchev–Trinajstić information content (AvgIpc) is 2.69. The van der Waals surface area contributed by atoms with Crippen LogP contribution in [0.15, 0.2) is 0 Å². The Morgan fingerprint density at radius 2 is 1.00 bits per heavy atom. The Bertz CT molecular complexity index is 224. The molecule has 0 aromatic heterocycles. The summed E-state index contributed by atoms with van der Waals surface area (Å²) in [7, 11) is 0. The molecule has 3 atom stereocenters. The molecule has 0 amide bonds. The van der Waals surface area contributed by atoms with Gasteiger partial charge in [0.25, 0.3) is 0 Å². The molecule has 0 aromatic carbocycles. The molecule has 0 heteroatoms. The predicted octanol–water partition coefficient (Wildman–Crippen LogP) is 6.59. The van der Waals surface area contributed by atoms with Gasteiger partial charge in [-0.15, -0.1) is 0 Å². The Kier molecular flexibility index (Phi) is 6.74. The molecule has 0 radical (unpaired) electrons. The van der Waals surface area contributed by atoms with Gasteiger partial charge in [-0.3, -0.25) is 0 Å². The summed E-state index contributed by atoms with van der Waals surface area (Å²) in [6.45, 7) is 5.12. The smallest absolute Gasteiger partial charge is 0.0358 e. The van der Waals surface area contributed by atoms with Crippen LogP contribution < -0.4 is 0 Å². The molecule has 19 heavy (non-hydrogen) atoms. The fourth-order valence-electron chi connectivity index (χ4n) is 4.73. The summed E-state index contributed by atoms with van der Waals surface area (Å²) in [5, 5.41) is 0. The van der Waals surface area contributed by atoms with Crippen molar-refractivity contribution < 1.29 is 0 Å². The monoisotopic (exact) mass is 264 g/mol. The van der Waals surface area contributed by atoms with Crippen molar-refractivity contribution in [3.8, 4) is 0 Å². The highest BCUT2D eigenvalue weighted by atomic mass is 14.4. The molecule has 0 spiro atoms. The molecular formula is C19H36. The first-order valence-electron chi connectivity index (χ1n) is 9.29. The maximum Gasteiger partial charge on any atom is -0.0358 e. The molecule has 0 heterocycles. The SMILES string of the molecule is CC1CCCCCCCC(C2CCCCCC2)C1C. The zero-order chi connectivity index (χ0) is 13.5. The zero-order valence-electron chi connectivity index (χ0n) is 13.5. The van der Waals surface area contributed by atoms with Crippen LogP contribution in [0.4, 0.5) is 0 Å². The van der Waals surface area contributed by atoms with E-state index in [9.17, 15) is 0 Å². The van der Waals surface area contributed by atoms with E-state index in [1.807, 2.05) is 0 Å². The Balaban J connectivity index is 1.98. The van der Waals surface area contributed by atoms with Gasteiger partial charge in [0.15, 0.2) is 0 Å². The van der Waals surface area contributed by atoms with E-state index in [4.69, 9.17) is 0 Å².